The van der Waals surface area contributed by atoms with Gasteiger partial charge in [-0.15, -0.1) is 0 Å². The number of hydrogen-bond donors (Lipinski definition) is 1. The van der Waals surface area contributed by atoms with Gasteiger partial charge < -0.3 is 14.8 Å². The predicted octanol–water partition coefficient (Wildman–Crippen LogP) is 5.54. The van der Waals surface area contributed by atoms with Gasteiger partial charge in [-0.2, -0.15) is 0 Å². The molecule has 2 heterocycles. The lowest BCUT2D eigenvalue weighted by atomic mass is 9.96. The van der Waals surface area contributed by atoms with Crippen LogP contribution in [0, 0.1) is 26.7 Å². The number of rotatable bonds is 6. The molecule has 3 aromatic carbocycles. The third-order valence-electron chi connectivity index (χ3n) is 7.17. The highest BCUT2D eigenvalue weighted by molar-refractivity contribution is 5.80. The molecule has 1 fully saturated rings. The number of fused-ring (bicyclic) bond motifs is 1. The van der Waals surface area contributed by atoms with E-state index in [2.05, 4.69) is 90.2 Å². The number of nitrogens with one attached hydrogen (secondary N) is 1. The van der Waals surface area contributed by atoms with Crippen LogP contribution in [0.4, 0.5) is 5.95 Å². The van der Waals surface area contributed by atoms with E-state index in [0.29, 0.717) is 6.54 Å². The highest BCUT2D eigenvalue weighted by Gasteiger charge is 2.27. The molecule has 180 valence electrons. The van der Waals surface area contributed by atoms with Gasteiger partial charge in [0.2, 0.25) is 11.9 Å². The van der Waals surface area contributed by atoms with Crippen molar-refractivity contribution < 1.29 is 4.79 Å². The molecule has 0 bridgehead atoms. The number of amides is 1. The summed E-state index contributed by atoms with van der Waals surface area (Å²) in [5.41, 5.74) is 8.43. The van der Waals surface area contributed by atoms with Gasteiger partial charge in [-0.05, 0) is 62.4 Å². The molecule has 1 aliphatic rings. The molecule has 1 amide bonds. The Balaban J connectivity index is 1.30. The third kappa shape index (κ3) is 5.09. The maximum absolute atomic E-state index is 12.9. The Kier molecular flexibility index (Phi) is 6.58. The van der Waals surface area contributed by atoms with Crippen LogP contribution in [0.25, 0.3) is 11.0 Å². The minimum atomic E-state index is 0.0490. The molecule has 1 N–H and O–H groups in total. The minimum absolute atomic E-state index is 0.0490. The highest BCUT2D eigenvalue weighted by Crippen LogP contribution is 2.28. The molecule has 1 saturated heterocycles. The standard InChI is InChI=1S/C30H34N4O/c1-21-7-6-8-24(17-21)19-31-29(35)25-13-15-33(16-14-25)30-32-27-9-4-5-10-28(27)34(30)20-26-18-22(2)11-12-23(26)3/h4-12,17-18,25H,13-16,19-20H2,1-3H3,(H,31,35). The van der Waals surface area contributed by atoms with Gasteiger partial charge in [0.25, 0.3) is 0 Å². The summed E-state index contributed by atoms with van der Waals surface area (Å²) in [7, 11) is 0. The van der Waals surface area contributed by atoms with Crippen LogP contribution < -0.4 is 10.2 Å². The number of carbonyl (C=O) groups excluding carboxylic acids is 1. The fourth-order valence-electron chi connectivity index (χ4n) is 5.10. The van der Waals surface area contributed by atoms with E-state index in [4.69, 9.17) is 4.98 Å². The quantitative estimate of drug-likeness (QED) is 0.406. The molecule has 35 heavy (non-hydrogen) atoms. The maximum Gasteiger partial charge on any atom is 0.223 e. The Labute approximate surface area is 207 Å². The second-order valence-corrected chi connectivity index (χ2v) is 9.88. The van der Waals surface area contributed by atoms with Crippen LogP contribution >= 0.6 is 0 Å². The fourth-order valence-corrected chi connectivity index (χ4v) is 5.10. The van der Waals surface area contributed by atoms with Crippen molar-refractivity contribution in [3.63, 3.8) is 0 Å². The number of aromatic nitrogens is 2. The van der Waals surface area contributed by atoms with Crippen LogP contribution in [-0.4, -0.2) is 28.5 Å². The summed E-state index contributed by atoms with van der Waals surface area (Å²) >= 11 is 0. The molecular formula is C30H34N4O. The monoisotopic (exact) mass is 466 g/mol. The Bertz CT molecular complexity index is 1350. The van der Waals surface area contributed by atoms with Crippen molar-refractivity contribution >= 4 is 22.9 Å². The zero-order chi connectivity index (χ0) is 24.4. The average molecular weight is 467 g/mol. The molecule has 5 heteroatoms. The summed E-state index contributed by atoms with van der Waals surface area (Å²) in [4.78, 5) is 20.3. The van der Waals surface area contributed by atoms with Crippen molar-refractivity contribution in [3.8, 4) is 0 Å². The SMILES string of the molecule is Cc1cccc(CNC(=O)C2CCN(c3nc4ccccc4n3Cc3cc(C)ccc3C)CC2)c1. The molecule has 5 rings (SSSR count). The predicted molar refractivity (Wildman–Crippen MR) is 143 cm³/mol. The first-order valence-electron chi connectivity index (χ1n) is 12.6. The van der Waals surface area contributed by atoms with Crippen molar-refractivity contribution in [1.82, 2.24) is 14.9 Å². The third-order valence-corrected chi connectivity index (χ3v) is 7.17. The Morgan fingerprint density at radius 2 is 1.71 bits per heavy atom. The lowest BCUT2D eigenvalue weighted by molar-refractivity contribution is -0.125. The van der Waals surface area contributed by atoms with E-state index in [1.807, 2.05) is 12.1 Å². The molecule has 0 saturated carbocycles. The summed E-state index contributed by atoms with van der Waals surface area (Å²) in [5.74, 6) is 1.22. The van der Waals surface area contributed by atoms with Gasteiger partial charge in [-0.3, -0.25) is 4.79 Å². The minimum Gasteiger partial charge on any atom is -0.352 e. The topological polar surface area (TPSA) is 50.2 Å². The smallest absolute Gasteiger partial charge is 0.223 e. The summed E-state index contributed by atoms with van der Waals surface area (Å²) in [5, 5.41) is 3.15. The highest BCUT2D eigenvalue weighted by atomic mass is 16.1. The first-order valence-corrected chi connectivity index (χ1v) is 12.6. The van der Waals surface area contributed by atoms with E-state index in [1.165, 1.54) is 22.3 Å². The van der Waals surface area contributed by atoms with Crippen LogP contribution in [0.1, 0.15) is 40.7 Å². The van der Waals surface area contributed by atoms with Gasteiger partial charge in [0.15, 0.2) is 0 Å². The molecule has 0 aliphatic carbocycles. The van der Waals surface area contributed by atoms with Gasteiger partial charge in [0.1, 0.15) is 0 Å². The largest absolute Gasteiger partial charge is 0.352 e. The van der Waals surface area contributed by atoms with Gasteiger partial charge in [0, 0.05) is 25.6 Å². The number of nitrogens with zero attached hydrogens (tertiary/aromatic N) is 3. The van der Waals surface area contributed by atoms with Crippen molar-refractivity contribution in [3.05, 3.63) is 94.5 Å². The Hall–Kier alpha value is -3.60. The van der Waals surface area contributed by atoms with Crippen LogP contribution in [0.5, 0.6) is 0 Å². The summed E-state index contributed by atoms with van der Waals surface area (Å²) < 4.78 is 2.34. The summed E-state index contributed by atoms with van der Waals surface area (Å²) in [6.45, 7) is 9.44. The normalized spacial score (nSPS) is 14.4. The number of piperidine rings is 1. The summed E-state index contributed by atoms with van der Waals surface area (Å²) in [6, 6.07) is 23.3. The van der Waals surface area contributed by atoms with Crippen molar-refractivity contribution in [2.75, 3.05) is 18.0 Å². The molecule has 0 radical (unpaired) electrons. The van der Waals surface area contributed by atoms with E-state index in [0.717, 1.165) is 55.0 Å². The van der Waals surface area contributed by atoms with Crippen molar-refractivity contribution in [2.24, 2.45) is 5.92 Å². The van der Waals surface area contributed by atoms with Crippen molar-refractivity contribution in [1.29, 1.82) is 0 Å². The molecular weight excluding hydrogens is 432 g/mol. The zero-order valence-corrected chi connectivity index (χ0v) is 20.9. The van der Waals surface area contributed by atoms with E-state index >= 15 is 0 Å². The van der Waals surface area contributed by atoms with Crippen LogP contribution in [0.3, 0.4) is 0 Å². The number of aryl methyl sites for hydroxylation is 3. The lowest BCUT2D eigenvalue weighted by Crippen LogP contribution is -2.41. The number of carbonyl (C=O) groups is 1. The van der Waals surface area contributed by atoms with E-state index < -0.39 is 0 Å². The second kappa shape index (κ2) is 9.95. The van der Waals surface area contributed by atoms with E-state index in [1.54, 1.807) is 0 Å². The number of hydrogen-bond acceptors (Lipinski definition) is 3. The number of para-hydroxylation sites is 2. The molecule has 0 atom stereocenters. The molecule has 5 nitrogen and oxygen atoms in total. The van der Waals surface area contributed by atoms with Gasteiger partial charge >= 0.3 is 0 Å². The molecule has 1 aromatic heterocycles. The van der Waals surface area contributed by atoms with Crippen LogP contribution in [0.15, 0.2) is 66.7 Å². The fraction of sp³-hybridized carbons (Fsp3) is 0.333. The lowest BCUT2D eigenvalue weighted by Gasteiger charge is -2.32. The number of anilines is 1. The first-order chi connectivity index (χ1) is 17.0. The van der Waals surface area contributed by atoms with E-state index in [-0.39, 0.29) is 11.8 Å². The Morgan fingerprint density at radius 3 is 2.51 bits per heavy atom. The van der Waals surface area contributed by atoms with E-state index in [9.17, 15) is 4.79 Å². The number of benzene rings is 3. The summed E-state index contributed by atoms with van der Waals surface area (Å²) in [6.07, 6.45) is 1.68. The van der Waals surface area contributed by atoms with Gasteiger partial charge in [0.05, 0.1) is 17.6 Å². The number of imidazole rings is 1. The van der Waals surface area contributed by atoms with Crippen molar-refractivity contribution in [2.45, 2.75) is 46.7 Å². The molecule has 0 unspecified atom stereocenters. The maximum atomic E-state index is 12.9. The zero-order valence-electron chi connectivity index (χ0n) is 20.9. The van der Waals surface area contributed by atoms with Gasteiger partial charge in [-0.25, -0.2) is 4.98 Å². The Morgan fingerprint density at radius 1 is 0.943 bits per heavy atom. The molecule has 1 aliphatic heterocycles. The molecule has 0 spiro atoms. The average Bonchev–Trinajstić information content (AvgIpc) is 3.23. The van der Waals surface area contributed by atoms with Crippen LogP contribution in [-0.2, 0) is 17.9 Å². The second-order valence-electron chi connectivity index (χ2n) is 9.88. The molecule has 4 aromatic rings. The first kappa shape index (κ1) is 23.2. The van der Waals surface area contributed by atoms with Crippen LogP contribution in [0.2, 0.25) is 0 Å². The van der Waals surface area contributed by atoms with Gasteiger partial charge in [-0.1, -0.05) is 65.7 Å².